The Labute approximate surface area is 506 Å². The Morgan fingerprint density at radius 1 is 0.321 bits per heavy atom. The molecule has 0 N–H and O–H groups in total. The molecule has 0 saturated carbocycles. The fraction of sp³-hybridized carbons (Fsp3) is 0.500. The van der Waals surface area contributed by atoms with E-state index in [4.69, 9.17) is 4.42 Å². The summed E-state index contributed by atoms with van der Waals surface area (Å²) in [5.74, 6) is 2.19. The van der Waals surface area contributed by atoms with Gasteiger partial charge >= 0.3 is 0 Å². The molecule has 2 aliphatic heterocycles. The summed E-state index contributed by atoms with van der Waals surface area (Å²) in [4.78, 5) is 5.46. The Hall–Kier alpha value is -5.74. The molecule has 0 atom stereocenters. The highest BCUT2D eigenvalue weighted by atomic mass is 16.4. The molecule has 0 spiro atoms. The number of nitrogens with zero attached hydrogens (tertiary/aromatic N) is 2. The minimum Gasteiger partial charge on any atom is -0.444 e. The number of anilines is 6. The summed E-state index contributed by atoms with van der Waals surface area (Å²) in [5, 5.41) is 0. The quantitative estimate of drug-likeness (QED) is 0.164. The topological polar surface area (TPSA) is 19.6 Å². The molecule has 3 nitrogen and oxygen atoms in total. The first-order valence-corrected chi connectivity index (χ1v) is 32.8. The van der Waals surface area contributed by atoms with Gasteiger partial charge in [-0.3, -0.25) is 4.90 Å². The standard InChI is InChI=1S/C80H97BN2O/c1-71(2)30-32-73(5,6)56-42-50(26-28-54(56)71)82-63-47-61-60(77(13,14)36-37-78(61,15)16)46-62(63)81-67-64(82)40-49(53-45-59-58(75(9,10)34-35-76(59,11)12)44-52(53)48-24-22-21-23-25-48)41-65(67)83(51-27-29-55-57(43-51)74(7,8)33-31-72(55,3)4)70-68(81)66-69(84-70)80(19,20)39-38-79(66,17)18/h21-29,40-47H,30-39H2,1-20H3. The monoisotopic (exact) mass is 1110 g/mol. The van der Waals surface area contributed by atoms with Gasteiger partial charge in [-0.2, -0.15) is 0 Å². The van der Waals surface area contributed by atoms with Gasteiger partial charge in [-0.15, -0.1) is 0 Å². The first kappa shape index (κ1) is 56.1. The molecule has 84 heavy (non-hydrogen) atoms. The van der Waals surface area contributed by atoms with Gasteiger partial charge < -0.3 is 9.32 Å². The molecule has 14 rings (SSSR count). The maximum atomic E-state index is 8.03. The summed E-state index contributed by atoms with van der Waals surface area (Å²) < 4.78 is 8.03. The third kappa shape index (κ3) is 8.08. The molecule has 3 heterocycles. The predicted molar refractivity (Wildman–Crippen MR) is 360 cm³/mol. The molecule has 7 aromatic rings. The Kier molecular flexibility index (Phi) is 11.7. The van der Waals surface area contributed by atoms with Crippen molar-refractivity contribution in [2.24, 2.45) is 0 Å². The maximum absolute atomic E-state index is 8.03. The number of hydrogen-bond donors (Lipinski definition) is 0. The van der Waals surface area contributed by atoms with E-state index in [0.717, 1.165) is 50.8 Å². The Balaban J connectivity index is 1.18. The van der Waals surface area contributed by atoms with Crippen molar-refractivity contribution in [1.82, 2.24) is 0 Å². The van der Waals surface area contributed by atoms with E-state index >= 15 is 0 Å². The SMILES string of the molecule is CC1(C)CCC(C)(C)c2cc(N3c4cc5c(cc4B4c6c3cc(-c3cc7c(cc3-c3ccccc3)C(C)(C)CCC7(C)C)cc6N(c3ccc6c(c3)C(C)(C)CCC6(C)C)c3oc6c(c34)C(C)(C)CCC6(C)C)C(C)(C)CCC5(C)C)ccc21. The average molecular weight is 1110 g/mol. The van der Waals surface area contributed by atoms with E-state index in [2.05, 4.69) is 251 Å². The van der Waals surface area contributed by atoms with Gasteiger partial charge in [-0.05, 0) is 256 Å². The molecule has 0 amide bonds. The van der Waals surface area contributed by atoms with Crippen LogP contribution in [0.15, 0.2) is 108 Å². The van der Waals surface area contributed by atoms with Crippen LogP contribution in [0.5, 0.6) is 0 Å². The summed E-state index contributed by atoms with van der Waals surface area (Å²) in [6, 6.07) is 42.7. The van der Waals surface area contributed by atoms with Crippen LogP contribution in [0.3, 0.4) is 0 Å². The van der Waals surface area contributed by atoms with Crippen LogP contribution in [0.2, 0.25) is 0 Å². The summed E-state index contributed by atoms with van der Waals surface area (Å²) >= 11 is 0. The van der Waals surface area contributed by atoms with Crippen molar-refractivity contribution in [2.45, 2.75) is 257 Å². The van der Waals surface area contributed by atoms with Gasteiger partial charge in [-0.1, -0.05) is 187 Å². The van der Waals surface area contributed by atoms with Gasteiger partial charge in [-0.25, -0.2) is 0 Å². The molecule has 0 unspecified atom stereocenters. The average Bonchev–Trinajstić information content (AvgIpc) is 1.28. The summed E-state index contributed by atoms with van der Waals surface area (Å²) in [6.45, 7) is 49.8. The molecule has 0 saturated heterocycles. The van der Waals surface area contributed by atoms with Crippen LogP contribution in [0, 0.1) is 0 Å². The summed E-state index contributed by atoms with van der Waals surface area (Å²) in [7, 11) is 0. The van der Waals surface area contributed by atoms with E-state index in [0.29, 0.717) is 0 Å². The fourth-order valence-electron chi connectivity index (χ4n) is 17.7. The third-order valence-electron chi connectivity index (χ3n) is 24.1. The Morgan fingerprint density at radius 2 is 0.702 bits per heavy atom. The number of rotatable bonds is 4. The molecular weight excluding hydrogens is 1020 g/mol. The van der Waals surface area contributed by atoms with Gasteiger partial charge in [0.25, 0.3) is 6.71 Å². The minimum atomic E-state index is -0.153. The van der Waals surface area contributed by atoms with Crippen LogP contribution in [-0.2, 0) is 54.1 Å². The maximum Gasteiger partial charge on any atom is 0.256 e. The third-order valence-corrected chi connectivity index (χ3v) is 24.1. The van der Waals surface area contributed by atoms with Crippen LogP contribution >= 0.6 is 0 Å². The molecule has 0 fully saturated rings. The fourth-order valence-corrected chi connectivity index (χ4v) is 17.7. The van der Waals surface area contributed by atoms with Crippen molar-refractivity contribution < 1.29 is 4.42 Å². The van der Waals surface area contributed by atoms with Gasteiger partial charge in [0.15, 0.2) is 5.88 Å². The molecule has 0 bridgehead atoms. The van der Waals surface area contributed by atoms with E-state index in [9.17, 15) is 0 Å². The molecule has 7 aliphatic rings. The number of fused-ring (bicyclic) bond motifs is 10. The number of benzene rings is 6. The first-order chi connectivity index (χ1) is 39.1. The van der Waals surface area contributed by atoms with E-state index in [1.165, 1.54) is 142 Å². The lowest BCUT2D eigenvalue weighted by Gasteiger charge is -2.48. The van der Waals surface area contributed by atoms with Gasteiger partial charge in [0.05, 0.1) is 0 Å². The molecule has 0 radical (unpaired) electrons. The van der Waals surface area contributed by atoms with E-state index in [-0.39, 0.29) is 60.9 Å². The molecule has 5 aliphatic carbocycles. The molecule has 6 aromatic carbocycles. The zero-order valence-corrected chi connectivity index (χ0v) is 55.3. The first-order valence-electron chi connectivity index (χ1n) is 32.8. The van der Waals surface area contributed by atoms with Crippen LogP contribution in [0.4, 0.5) is 34.3 Å². The lowest BCUT2D eigenvalue weighted by molar-refractivity contribution is 0.280. The second kappa shape index (κ2) is 17.5. The molecule has 1 aromatic heterocycles. The highest BCUT2D eigenvalue weighted by Gasteiger charge is 2.54. The zero-order valence-electron chi connectivity index (χ0n) is 55.3. The second-order valence-electron chi connectivity index (χ2n) is 34.6. The van der Waals surface area contributed by atoms with Gasteiger partial charge in [0, 0.05) is 33.9 Å². The normalized spacial score (nSPS) is 22.9. The van der Waals surface area contributed by atoms with E-state index < -0.39 is 0 Å². The highest BCUT2D eigenvalue weighted by molar-refractivity contribution is 7.00. The van der Waals surface area contributed by atoms with Crippen molar-refractivity contribution in [3.05, 3.63) is 159 Å². The van der Waals surface area contributed by atoms with Crippen LogP contribution in [0.25, 0.3) is 22.3 Å². The zero-order chi connectivity index (χ0) is 59.8. The smallest absolute Gasteiger partial charge is 0.256 e. The number of furan rings is 1. The summed E-state index contributed by atoms with van der Waals surface area (Å²) in [5.41, 5.74) is 28.9. The van der Waals surface area contributed by atoms with Crippen molar-refractivity contribution in [3.8, 4) is 22.3 Å². The van der Waals surface area contributed by atoms with Crippen LogP contribution in [-0.4, -0.2) is 6.71 Å². The van der Waals surface area contributed by atoms with Gasteiger partial charge in [0.2, 0.25) is 0 Å². The predicted octanol–water partition coefficient (Wildman–Crippen LogP) is 20.4. The molecular formula is C80H97BN2O. The Morgan fingerprint density at radius 3 is 1.19 bits per heavy atom. The number of hydrogen-bond acceptors (Lipinski definition) is 3. The van der Waals surface area contributed by atoms with Crippen LogP contribution in [0.1, 0.15) is 259 Å². The van der Waals surface area contributed by atoms with Crippen LogP contribution < -0.4 is 26.2 Å². The van der Waals surface area contributed by atoms with Crippen molar-refractivity contribution in [2.75, 3.05) is 9.80 Å². The largest absolute Gasteiger partial charge is 0.444 e. The summed E-state index contributed by atoms with van der Waals surface area (Å²) in [6.07, 6.45) is 11.5. The van der Waals surface area contributed by atoms with Crippen molar-refractivity contribution in [3.63, 3.8) is 0 Å². The highest BCUT2D eigenvalue weighted by Crippen LogP contribution is 2.58. The lowest BCUT2D eigenvalue weighted by atomic mass is 9.32. The second-order valence-corrected chi connectivity index (χ2v) is 34.6. The van der Waals surface area contributed by atoms with Gasteiger partial charge in [0.1, 0.15) is 5.76 Å². The van der Waals surface area contributed by atoms with Crippen molar-refractivity contribution in [1.29, 1.82) is 0 Å². The Bertz CT molecular complexity index is 3940. The minimum absolute atomic E-state index is 0.000856. The molecule has 436 valence electrons. The van der Waals surface area contributed by atoms with E-state index in [1.807, 2.05) is 0 Å². The van der Waals surface area contributed by atoms with Crippen molar-refractivity contribution >= 4 is 57.4 Å². The molecule has 4 heteroatoms. The lowest BCUT2D eigenvalue weighted by Crippen LogP contribution is -2.63. The van der Waals surface area contributed by atoms with E-state index in [1.54, 1.807) is 0 Å².